The predicted octanol–water partition coefficient (Wildman–Crippen LogP) is 6.09. The van der Waals surface area contributed by atoms with E-state index >= 15 is 0 Å². The number of aliphatic hydroxyl groups is 3. The maximum atomic E-state index is 10.6. The lowest BCUT2D eigenvalue weighted by Crippen LogP contribution is -2.39. The van der Waals surface area contributed by atoms with Crippen LogP contribution in [0.15, 0.2) is 23.3 Å². The molecule has 0 amide bonds. The van der Waals surface area contributed by atoms with Crippen LogP contribution >= 0.6 is 0 Å². The van der Waals surface area contributed by atoms with Gasteiger partial charge in [-0.1, -0.05) is 44.1 Å². The summed E-state index contributed by atoms with van der Waals surface area (Å²) in [6.45, 7) is 9.63. The summed E-state index contributed by atoms with van der Waals surface area (Å²) in [4.78, 5) is 0. The van der Waals surface area contributed by atoms with E-state index in [2.05, 4.69) is 39.8 Å². The summed E-state index contributed by atoms with van der Waals surface area (Å²) in [5.41, 5.74) is 2.36. The summed E-state index contributed by atoms with van der Waals surface area (Å²) in [7, 11) is 0. The first-order chi connectivity index (χ1) is 16.2. The quantitative estimate of drug-likeness (QED) is 0.354. The Labute approximate surface area is 207 Å². The van der Waals surface area contributed by atoms with Gasteiger partial charge in [-0.2, -0.15) is 0 Å². The van der Waals surface area contributed by atoms with Crippen LogP contribution in [0.3, 0.4) is 0 Å². The molecule has 4 fully saturated rings. The van der Waals surface area contributed by atoms with Crippen molar-refractivity contribution >= 4 is 0 Å². The van der Waals surface area contributed by atoms with Gasteiger partial charge in [0.25, 0.3) is 0 Å². The molecular weight excluding hydrogens is 424 g/mol. The molecule has 0 bridgehead atoms. The van der Waals surface area contributed by atoms with E-state index in [-0.39, 0.29) is 23.7 Å². The van der Waals surface area contributed by atoms with Crippen LogP contribution in [0.2, 0.25) is 0 Å². The maximum absolute atomic E-state index is 10.6. The van der Waals surface area contributed by atoms with Gasteiger partial charge in [0.1, 0.15) is 0 Å². The zero-order valence-electron chi connectivity index (χ0n) is 22.2. The molecule has 0 saturated heterocycles. The topological polar surface area (TPSA) is 69.9 Å². The molecule has 0 aromatic heterocycles. The fourth-order valence-electron chi connectivity index (χ4n) is 7.82. The smallest absolute Gasteiger partial charge is 0.0658 e. The van der Waals surface area contributed by atoms with E-state index in [1.807, 2.05) is 0 Å². The second-order valence-electron chi connectivity index (χ2n) is 12.4. The van der Waals surface area contributed by atoms with Gasteiger partial charge in [-0.25, -0.2) is 0 Å². The molecule has 0 aromatic rings. The fourth-order valence-corrected chi connectivity index (χ4v) is 7.82. The third-order valence-corrected chi connectivity index (χ3v) is 10.7. The van der Waals surface area contributed by atoms with Gasteiger partial charge < -0.3 is 20.1 Å². The number of fused-ring (bicyclic) bond motifs is 1. The first-order valence-corrected chi connectivity index (χ1v) is 14.3. The molecule has 4 rings (SSSR count). The third kappa shape index (κ3) is 5.08. The minimum absolute atomic E-state index is 0.186. The Kier molecular flexibility index (Phi) is 8.04. The number of hydrogen-bond acceptors (Lipinski definition) is 4. The zero-order valence-corrected chi connectivity index (χ0v) is 22.2. The van der Waals surface area contributed by atoms with Crippen LogP contribution in [0.4, 0.5) is 0 Å². The summed E-state index contributed by atoms with van der Waals surface area (Å²) in [5, 5.41) is 31.7. The van der Waals surface area contributed by atoms with Crippen molar-refractivity contribution in [2.75, 3.05) is 6.61 Å². The molecule has 4 aliphatic rings. The minimum atomic E-state index is -0.529. The molecule has 3 N–H and O–H groups in total. The van der Waals surface area contributed by atoms with Crippen molar-refractivity contribution in [3.8, 4) is 0 Å². The normalized spacial score (nSPS) is 37.1. The molecule has 0 aromatic carbocycles. The average Bonchev–Trinajstić information content (AvgIpc) is 3.55. The molecule has 4 unspecified atom stereocenters. The van der Waals surface area contributed by atoms with Crippen LogP contribution in [0.5, 0.6) is 0 Å². The van der Waals surface area contributed by atoms with Crippen LogP contribution in [-0.2, 0) is 4.74 Å². The van der Waals surface area contributed by atoms with Gasteiger partial charge in [0.15, 0.2) is 0 Å². The Balaban J connectivity index is 1.35. The molecule has 4 nitrogen and oxygen atoms in total. The molecule has 4 saturated carbocycles. The van der Waals surface area contributed by atoms with Crippen LogP contribution in [0.1, 0.15) is 111 Å². The highest BCUT2D eigenvalue weighted by molar-refractivity contribution is 5.28. The number of hydrogen-bond donors (Lipinski definition) is 3. The predicted molar refractivity (Wildman–Crippen MR) is 137 cm³/mol. The second kappa shape index (κ2) is 10.4. The number of ether oxygens (including phenoxy) is 1. The highest BCUT2D eigenvalue weighted by atomic mass is 16.5. The van der Waals surface area contributed by atoms with E-state index in [1.54, 1.807) is 5.57 Å². The van der Waals surface area contributed by atoms with Gasteiger partial charge in [0.2, 0.25) is 0 Å². The average molecular weight is 475 g/mol. The molecule has 1 spiro atoms. The molecule has 0 radical (unpaired) electrons. The second-order valence-corrected chi connectivity index (χ2v) is 12.4. The van der Waals surface area contributed by atoms with E-state index in [9.17, 15) is 15.3 Å². The Bertz CT molecular complexity index is 746. The molecule has 0 aliphatic heterocycles. The summed E-state index contributed by atoms with van der Waals surface area (Å²) in [6, 6.07) is 0. The summed E-state index contributed by atoms with van der Waals surface area (Å²) in [6.07, 6.45) is 17.0. The summed E-state index contributed by atoms with van der Waals surface area (Å²) >= 11 is 0. The molecule has 4 aliphatic carbocycles. The Morgan fingerprint density at radius 1 is 1.06 bits per heavy atom. The number of rotatable bonds is 9. The van der Waals surface area contributed by atoms with Gasteiger partial charge in [-0.15, -0.1) is 0 Å². The maximum Gasteiger partial charge on any atom is 0.0658 e. The molecule has 0 heterocycles. The molecular formula is C30H50O4. The van der Waals surface area contributed by atoms with E-state index in [0.29, 0.717) is 17.3 Å². The Hall–Kier alpha value is -0.680. The van der Waals surface area contributed by atoms with Crippen molar-refractivity contribution in [1.29, 1.82) is 0 Å². The monoisotopic (exact) mass is 474 g/mol. The van der Waals surface area contributed by atoms with E-state index in [1.165, 1.54) is 37.7 Å². The van der Waals surface area contributed by atoms with Crippen molar-refractivity contribution in [2.24, 2.45) is 22.7 Å². The van der Waals surface area contributed by atoms with E-state index < -0.39 is 5.60 Å². The largest absolute Gasteiger partial charge is 0.392 e. The van der Waals surface area contributed by atoms with Crippen molar-refractivity contribution < 1.29 is 20.1 Å². The van der Waals surface area contributed by atoms with Crippen LogP contribution in [0, 0.1) is 22.7 Å². The fraction of sp³-hybridized carbons (Fsp3) is 0.867. The molecule has 4 heteroatoms. The molecule has 34 heavy (non-hydrogen) atoms. The molecule has 194 valence electrons. The highest BCUT2D eigenvalue weighted by Crippen LogP contribution is 2.59. The van der Waals surface area contributed by atoms with Gasteiger partial charge in [-0.3, -0.25) is 0 Å². The third-order valence-electron chi connectivity index (χ3n) is 10.7. The van der Waals surface area contributed by atoms with Crippen molar-refractivity contribution in [3.63, 3.8) is 0 Å². The Morgan fingerprint density at radius 2 is 1.74 bits per heavy atom. The molecule has 6 atom stereocenters. The minimum Gasteiger partial charge on any atom is -0.392 e. The highest BCUT2D eigenvalue weighted by Gasteiger charge is 2.56. The van der Waals surface area contributed by atoms with Crippen molar-refractivity contribution in [2.45, 2.75) is 135 Å². The summed E-state index contributed by atoms with van der Waals surface area (Å²) in [5.74, 6) is 1.20. The lowest BCUT2D eigenvalue weighted by molar-refractivity contribution is -0.0366. The van der Waals surface area contributed by atoms with Crippen molar-refractivity contribution in [1.82, 2.24) is 0 Å². The van der Waals surface area contributed by atoms with Crippen LogP contribution < -0.4 is 0 Å². The number of allylic oxidation sites excluding steroid dienone is 3. The Morgan fingerprint density at radius 3 is 2.35 bits per heavy atom. The van der Waals surface area contributed by atoms with Crippen molar-refractivity contribution in [3.05, 3.63) is 23.3 Å². The van der Waals surface area contributed by atoms with E-state index in [0.717, 1.165) is 58.0 Å². The standard InChI is InChI=1S/C30H50O4/c1-5-29(33,6-2)15-8-18-34-21(3)24-12-13-25-23(9-7-14-28(24,25)4)11-10-22-19-26(31)30(16-17-30)27(32)20-22/h10-11,21,24-27,31-33H,5-9,12-20H2,1-4H3/b23-11+/t21?,24?,25?,26-,27-,28?/m1/s1. The van der Waals surface area contributed by atoms with Crippen LogP contribution in [0.25, 0.3) is 0 Å². The van der Waals surface area contributed by atoms with Gasteiger partial charge >= 0.3 is 0 Å². The van der Waals surface area contributed by atoms with Gasteiger partial charge in [0, 0.05) is 12.0 Å². The zero-order chi connectivity index (χ0) is 24.6. The van der Waals surface area contributed by atoms with E-state index in [4.69, 9.17) is 4.74 Å². The first kappa shape index (κ1) is 26.4. The first-order valence-electron chi connectivity index (χ1n) is 14.3. The number of aliphatic hydroxyl groups excluding tert-OH is 2. The van der Waals surface area contributed by atoms with Gasteiger partial charge in [0.05, 0.1) is 23.9 Å². The van der Waals surface area contributed by atoms with Crippen LogP contribution in [-0.4, -0.2) is 45.8 Å². The lowest BCUT2D eigenvalue weighted by atomic mass is 9.62. The SMILES string of the molecule is CCC(O)(CC)CCCOC(C)C1CCC2/C(=C/C=C3C[C@@H](O)C4(CC4)[C@H](O)C3)CCCC21C. The lowest BCUT2D eigenvalue weighted by Gasteiger charge is -2.44. The van der Waals surface area contributed by atoms with Gasteiger partial charge in [-0.05, 0) is 108 Å². The summed E-state index contributed by atoms with van der Waals surface area (Å²) < 4.78 is 6.37.